The van der Waals surface area contributed by atoms with Crippen molar-refractivity contribution in [2.24, 2.45) is 0 Å². The number of hydrogen-bond acceptors (Lipinski definition) is 5. The second-order valence-corrected chi connectivity index (χ2v) is 5.99. The second-order valence-electron chi connectivity index (χ2n) is 5.99. The lowest BCUT2D eigenvalue weighted by Crippen LogP contribution is -2.23. The van der Waals surface area contributed by atoms with Crippen LogP contribution in [0, 0.1) is 0 Å². The third kappa shape index (κ3) is 4.42. The Kier molecular flexibility index (Phi) is 5.53. The molecule has 0 aliphatic heterocycles. The van der Waals surface area contributed by atoms with Gasteiger partial charge in [-0.2, -0.15) is 0 Å². The third-order valence-electron chi connectivity index (χ3n) is 3.62. The standard InChI is InChI=1S/C20H20N4O2/c1-14(2)26-18-8-7-17(13-23-18)20(25)24-12-16-6-4-10-22-19(16)15-5-3-9-21-11-15/h3-11,13-14H,12H2,1-2H3,(H,24,25). The lowest BCUT2D eigenvalue weighted by atomic mass is 10.1. The third-order valence-corrected chi connectivity index (χ3v) is 3.62. The molecule has 0 aliphatic carbocycles. The van der Waals surface area contributed by atoms with Gasteiger partial charge in [0.05, 0.1) is 17.4 Å². The van der Waals surface area contributed by atoms with E-state index in [4.69, 9.17) is 4.74 Å². The Balaban J connectivity index is 1.69. The molecule has 3 aromatic heterocycles. The van der Waals surface area contributed by atoms with Crippen molar-refractivity contribution in [3.63, 3.8) is 0 Å². The van der Waals surface area contributed by atoms with Crippen LogP contribution in [0.15, 0.2) is 61.2 Å². The van der Waals surface area contributed by atoms with Crippen molar-refractivity contribution in [1.82, 2.24) is 20.3 Å². The zero-order valence-corrected chi connectivity index (χ0v) is 14.7. The van der Waals surface area contributed by atoms with Crippen LogP contribution in [-0.4, -0.2) is 27.0 Å². The first kappa shape index (κ1) is 17.5. The summed E-state index contributed by atoms with van der Waals surface area (Å²) in [7, 11) is 0. The Bertz CT molecular complexity index is 864. The van der Waals surface area contributed by atoms with Crippen LogP contribution < -0.4 is 10.1 Å². The van der Waals surface area contributed by atoms with E-state index in [0.29, 0.717) is 18.0 Å². The van der Waals surface area contributed by atoms with E-state index in [1.807, 2.05) is 38.1 Å². The highest BCUT2D eigenvalue weighted by Gasteiger charge is 2.10. The fourth-order valence-corrected chi connectivity index (χ4v) is 2.45. The van der Waals surface area contributed by atoms with E-state index in [0.717, 1.165) is 16.8 Å². The van der Waals surface area contributed by atoms with Crippen LogP contribution in [0.5, 0.6) is 5.88 Å². The van der Waals surface area contributed by atoms with Crippen molar-refractivity contribution < 1.29 is 9.53 Å². The molecular weight excluding hydrogens is 328 g/mol. The molecule has 6 heteroatoms. The highest BCUT2D eigenvalue weighted by Crippen LogP contribution is 2.20. The van der Waals surface area contributed by atoms with Crippen LogP contribution in [-0.2, 0) is 6.54 Å². The van der Waals surface area contributed by atoms with E-state index in [9.17, 15) is 4.79 Å². The molecule has 132 valence electrons. The van der Waals surface area contributed by atoms with Gasteiger partial charge in [-0.25, -0.2) is 4.98 Å². The van der Waals surface area contributed by atoms with E-state index in [1.165, 1.54) is 6.20 Å². The Hall–Kier alpha value is -3.28. The first-order valence-electron chi connectivity index (χ1n) is 8.38. The summed E-state index contributed by atoms with van der Waals surface area (Å²) in [5.41, 5.74) is 3.11. The summed E-state index contributed by atoms with van der Waals surface area (Å²) in [6.45, 7) is 4.22. The van der Waals surface area contributed by atoms with Crippen molar-refractivity contribution in [2.45, 2.75) is 26.5 Å². The van der Waals surface area contributed by atoms with Gasteiger partial charge >= 0.3 is 0 Å². The Morgan fingerprint density at radius 1 is 1.08 bits per heavy atom. The summed E-state index contributed by atoms with van der Waals surface area (Å²) in [5, 5.41) is 2.91. The number of carbonyl (C=O) groups excluding carboxylic acids is 1. The molecule has 0 bridgehead atoms. The maximum Gasteiger partial charge on any atom is 0.253 e. The van der Waals surface area contributed by atoms with Gasteiger partial charge in [-0.15, -0.1) is 0 Å². The molecule has 1 amide bonds. The molecule has 6 nitrogen and oxygen atoms in total. The van der Waals surface area contributed by atoms with Crippen LogP contribution in [0.4, 0.5) is 0 Å². The predicted molar refractivity (Wildman–Crippen MR) is 98.6 cm³/mol. The number of pyridine rings is 3. The maximum atomic E-state index is 12.4. The van der Waals surface area contributed by atoms with E-state index in [1.54, 1.807) is 30.7 Å². The minimum Gasteiger partial charge on any atom is -0.475 e. The van der Waals surface area contributed by atoms with Crippen LogP contribution in [0.3, 0.4) is 0 Å². The molecule has 0 aromatic carbocycles. The fraction of sp³-hybridized carbons (Fsp3) is 0.200. The van der Waals surface area contributed by atoms with Gasteiger partial charge in [0.1, 0.15) is 0 Å². The first-order chi connectivity index (χ1) is 12.6. The van der Waals surface area contributed by atoms with Gasteiger partial charge in [0, 0.05) is 43.0 Å². The summed E-state index contributed by atoms with van der Waals surface area (Å²) in [4.78, 5) is 25.1. The molecule has 3 heterocycles. The van der Waals surface area contributed by atoms with Crippen LogP contribution >= 0.6 is 0 Å². The van der Waals surface area contributed by atoms with E-state index in [2.05, 4.69) is 20.3 Å². The molecule has 0 saturated heterocycles. The SMILES string of the molecule is CC(C)Oc1ccc(C(=O)NCc2cccnc2-c2cccnc2)cn1. The van der Waals surface area contributed by atoms with Crippen molar-refractivity contribution in [2.75, 3.05) is 0 Å². The fourth-order valence-electron chi connectivity index (χ4n) is 2.45. The molecule has 0 aliphatic rings. The molecule has 0 radical (unpaired) electrons. The van der Waals surface area contributed by atoms with Gasteiger partial charge in [0.25, 0.3) is 5.91 Å². The summed E-state index contributed by atoms with van der Waals surface area (Å²) < 4.78 is 5.49. The predicted octanol–water partition coefficient (Wildman–Crippen LogP) is 3.26. The summed E-state index contributed by atoms with van der Waals surface area (Å²) in [6, 6.07) is 11.0. The lowest BCUT2D eigenvalue weighted by molar-refractivity contribution is 0.0950. The summed E-state index contributed by atoms with van der Waals surface area (Å²) in [5.74, 6) is 0.303. The average molecular weight is 348 g/mol. The van der Waals surface area contributed by atoms with Gasteiger partial charge in [0.2, 0.25) is 5.88 Å². The molecule has 3 rings (SSSR count). The number of nitrogens with one attached hydrogen (secondary N) is 1. The van der Waals surface area contributed by atoms with Crippen molar-refractivity contribution >= 4 is 5.91 Å². The molecule has 26 heavy (non-hydrogen) atoms. The number of aromatic nitrogens is 3. The average Bonchev–Trinajstić information content (AvgIpc) is 2.67. The van der Waals surface area contributed by atoms with E-state index >= 15 is 0 Å². The Morgan fingerprint density at radius 3 is 2.62 bits per heavy atom. The largest absolute Gasteiger partial charge is 0.475 e. The Labute approximate surface area is 152 Å². The van der Waals surface area contributed by atoms with Crippen LogP contribution in [0.25, 0.3) is 11.3 Å². The lowest BCUT2D eigenvalue weighted by Gasteiger charge is -2.11. The molecule has 0 unspecified atom stereocenters. The number of carbonyl (C=O) groups is 1. The van der Waals surface area contributed by atoms with Crippen molar-refractivity contribution in [3.05, 3.63) is 72.3 Å². The monoisotopic (exact) mass is 348 g/mol. The maximum absolute atomic E-state index is 12.4. The molecule has 0 saturated carbocycles. The number of hydrogen-bond donors (Lipinski definition) is 1. The Morgan fingerprint density at radius 2 is 1.92 bits per heavy atom. The van der Waals surface area contributed by atoms with Crippen molar-refractivity contribution in [1.29, 1.82) is 0 Å². The smallest absolute Gasteiger partial charge is 0.253 e. The minimum atomic E-state index is -0.199. The first-order valence-corrected chi connectivity index (χ1v) is 8.38. The normalized spacial score (nSPS) is 10.6. The molecule has 1 N–H and O–H groups in total. The summed E-state index contributed by atoms with van der Waals surface area (Å²) in [6.07, 6.45) is 6.75. The zero-order chi connectivity index (χ0) is 18.4. The second kappa shape index (κ2) is 8.20. The number of nitrogens with zero attached hydrogens (tertiary/aromatic N) is 3. The molecule has 3 aromatic rings. The van der Waals surface area contributed by atoms with Gasteiger partial charge in [-0.05, 0) is 43.7 Å². The summed E-state index contributed by atoms with van der Waals surface area (Å²) >= 11 is 0. The van der Waals surface area contributed by atoms with E-state index < -0.39 is 0 Å². The number of rotatable bonds is 6. The molecule has 0 atom stereocenters. The molecule has 0 spiro atoms. The quantitative estimate of drug-likeness (QED) is 0.740. The number of amides is 1. The van der Waals surface area contributed by atoms with Gasteiger partial charge in [-0.3, -0.25) is 14.8 Å². The van der Waals surface area contributed by atoms with E-state index in [-0.39, 0.29) is 12.0 Å². The van der Waals surface area contributed by atoms with Gasteiger partial charge < -0.3 is 10.1 Å². The zero-order valence-electron chi connectivity index (χ0n) is 14.7. The minimum absolute atomic E-state index is 0.0404. The van der Waals surface area contributed by atoms with Crippen LogP contribution in [0.2, 0.25) is 0 Å². The number of ether oxygens (including phenoxy) is 1. The van der Waals surface area contributed by atoms with Crippen LogP contribution in [0.1, 0.15) is 29.8 Å². The highest BCUT2D eigenvalue weighted by atomic mass is 16.5. The van der Waals surface area contributed by atoms with Gasteiger partial charge in [0.15, 0.2) is 0 Å². The highest BCUT2D eigenvalue weighted by molar-refractivity contribution is 5.93. The van der Waals surface area contributed by atoms with Crippen molar-refractivity contribution in [3.8, 4) is 17.1 Å². The molecule has 0 fully saturated rings. The topological polar surface area (TPSA) is 77.0 Å². The molecular formula is C20H20N4O2. The van der Waals surface area contributed by atoms with Gasteiger partial charge in [-0.1, -0.05) is 6.07 Å².